The van der Waals surface area contributed by atoms with Crippen LogP contribution in [0.4, 0.5) is 5.69 Å². The molecule has 10 nitrogen and oxygen atoms in total. The SMILES string of the molecule is CCOC(=O)C1C(=O)NC(N2CCN(c3ccccc3)CC2)=NC1c1cc(OC)c(OC)c(OC)c1. The van der Waals surface area contributed by atoms with Crippen LogP contribution in [-0.4, -0.2) is 76.9 Å². The van der Waals surface area contributed by atoms with E-state index in [1.165, 1.54) is 21.3 Å². The van der Waals surface area contributed by atoms with Gasteiger partial charge < -0.3 is 28.7 Å². The van der Waals surface area contributed by atoms with Crippen LogP contribution in [0.25, 0.3) is 0 Å². The predicted octanol–water partition coefficient (Wildman–Crippen LogP) is 2.24. The van der Waals surface area contributed by atoms with E-state index >= 15 is 0 Å². The van der Waals surface area contributed by atoms with E-state index in [1.807, 2.05) is 23.1 Å². The maximum atomic E-state index is 13.2. The number of carbonyl (C=O) groups is 2. The number of hydrogen-bond acceptors (Lipinski definition) is 9. The van der Waals surface area contributed by atoms with Crippen LogP contribution in [0.5, 0.6) is 17.2 Å². The Bertz CT molecular complexity index is 1090. The third-order valence-corrected chi connectivity index (χ3v) is 6.36. The Hall–Kier alpha value is -3.95. The molecule has 1 N–H and O–H groups in total. The van der Waals surface area contributed by atoms with E-state index in [4.69, 9.17) is 23.9 Å². The third kappa shape index (κ3) is 5.02. The molecule has 10 heteroatoms. The van der Waals surface area contributed by atoms with Crippen LogP contribution in [0, 0.1) is 5.92 Å². The number of piperazine rings is 1. The zero-order chi connectivity index (χ0) is 25.7. The van der Waals surface area contributed by atoms with Gasteiger partial charge in [0.15, 0.2) is 17.4 Å². The number of methoxy groups -OCH3 is 3. The number of aliphatic imine (C=N–C) groups is 1. The molecule has 2 unspecified atom stereocenters. The first-order chi connectivity index (χ1) is 17.5. The first-order valence-corrected chi connectivity index (χ1v) is 11.9. The normalized spacial score (nSPS) is 19.8. The molecule has 2 aliphatic heterocycles. The average Bonchev–Trinajstić information content (AvgIpc) is 2.92. The monoisotopic (exact) mass is 496 g/mol. The summed E-state index contributed by atoms with van der Waals surface area (Å²) >= 11 is 0. The van der Waals surface area contributed by atoms with Crippen molar-refractivity contribution in [3.8, 4) is 17.2 Å². The molecule has 2 heterocycles. The summed E-state index contributed by atoms with van der Waals surface area (Å²) in [6.07, 6.45) is 0. The molecule has 1 fully saturated rings. The van der Waals surface area contributed by atoms with E-state index in [1.54, 1.807) is 19.1 Å². The molecule has 0 aliphatic carbocycles. The molecule has 0 aromatic heterocycles. The van der Waals surface area contributed by atoms with Gasteiger partial charge in [-0.2, -0.15) is 0 Å². The Morgan fingerprint density at radius 2 is 1.58 bits per heavy atom. The number of guanidine groups is 1. The number of esters is 1. The molecular weight excluding hydrogens is 464 g/mol. The summed E-state index contributed by atoms with van der Waals surface area (Å²) < 4.78 is 21.6. The van der Waals surface area contributed by atoms with Gasteiger partial charge in [-0.05, 0) is 36.8 Å². The third-order valence-electron chi connectivity index (χ3n) is 6.36. The van der Waals surface area contributed by atoms with E-state index in [0.717, 1.165) is 18.8 Å². The van der Waals surface area contributed by atoms with Crippen molar-refractivity contribution in [3.63, 3.8) is 0 Å². The lowest BCUT2D eigenvalue weighted by molar-refractivity contribution is -0.153. The topological polar surface area (TPSA) is 102 Å². The quantitative estimate of drug-likeness (QED) is 0.460. The zero-order valence-electron chi connectivity index (χ0n) is 21.0. The lowest BCUT2D eigenvalue weighted by Crippen LogP contribution is -2.57. The molecule has 0 bridgehead atoms. The molecule has 1 amide bonds. The highest BCUT2D eigenvalue weighted by Crippen LogP contribution is 2.42. The van der Waals surface area contributed by atoms with E-state index < -0.39 is 23.8 Å². The number of carbonyl (C=O) groups excluding carboxylic acids is 2. The Labute approximate surface area is 210 Å². The van der Waals surface area contributed by atoms with Gasteiger partial charge in [0.2, 0.25) is 17.6 Å². The Balaban J connectivity index is 1.67. The van der Waals surface area contributed by atoms with Crippen molar-refractivity contribution in [1.29, 1.82) is 0 Å². The fourth-order valence-electron chi connectivity index (χ4n) is 4.55. The van der Waals surface area contributed by atoms with Gasteiger partial charge >= 0.3 is 5.97 Å². The minimum absolute atomic E-state index is 0.155. The van der Waals surface area contributed by atoms with Gasteiger partial charge in [-0.3, -0.25) is 14.9 Å². The van der Waals surface area contributed by atoms with Crippen molar-refractivity contribution in [2.45, 2.75) is 13.0 Å². The number of ether oxygens (including phenoxy) is 4. The van der Waals surface area contributed by atoms with Gasteiger partial charge in [-0.25, -0.2) is 4.99 Å². The maximum Gasteiger partial charge on any atom is 0.321 e. The van der Waals surface area contributed by atoms with Crippen LogP contribution in [0.1, 0.15) is 18.5 Å². The Morgan fingerprint density at radius 1 is 0.972 bits per heavy atom. The van der Waals surface area contributed by atoms with Crippen molar-refractivity contribution in [3.05, 3.63) is 48.0 Å². The Morgan fingerprint density at radius 3 is 2.14 bits per heavy atom. The van der Waals surface area contributed by atoms with Gasteiger partial charge in [0.25, 0.3) is 0 Å². The molecular formula is C26H32N4O6. The fraction of sp³-hybridized carbons (Fsp3) is 0.423. The molecule has 2 aromatic carbocycles. The van der Waals surface area contributed by atoms with Crippen molar-refractivity contribution in [2.24, 2.45) is 10.9 Å². The smallest absolute Gasteiger partial charge is 0.321 e. The molecule has 2 atom stereocenters. The highest BCUT2D eigenvalue weighted by atomic mass is 16.5. The lowest BCUT2D eigenvalue weighted by atomic mass is 9.90. The molecule has 2 aromatic rings. The summed E-state index contributed by atoms with van der Waals surface area (Å²) in [7, 11) is 4.54. The number of benzene rings is 2. The van der Waals surface area contributed by atoms with Gasteiger partial charge in [0.1, 0.15) is 6.04 Å². The second-order valence-corrected chi connectivity index (χ2v) is 8.38. The van der Waals surface area contributed by atoms with E-state index in [-0.39, 0.29) is 6.61 Å². The van der Waals surface area contributed by atoms with Crippen molar-refractivity contribution < 1.29 is 28.5 Å². The van der Waals surface area contributed by atoms with Crippen LogP contribution in [-0.2, 0) is 14.3 Å². The van der Waals surface area contributed by atoms with Crippen LogP contribution in [0.15, 0.2) is 47.5 Å². The summed E-state index contributed by atoms with van der Waals surface area (Å²) in [6, 6.07) is 12.8. The number of nitrogens with one attached hydrogen (secondary N) is 1. The summed E-state index contributed by atoms with van der Waals surface area (Å²) in [6.45, 7) is 4.74. The summed E-state index contributed by atoms with van der Waals surface area (Å²) in [5.41, 5.74) is 1.74. The van der Waals surface area contributed by atoms with E-state index in [0.29, 0.717) is 41.9 Å². The molecule has 4 rings (SSSR count). The van der Waals surface area contributed by atoms with Gasteiger partial charge in [-0.15, -0.1) is 0 Å². The highest BCUT2D eigenvalue weighted by molar-refractivity contribution is 6.08. The zero-order valence-corrected chi connectivity index (χ0v) is 21.0. The molecule has 1 saturated heterocycles. The van der Waals surface area contributed by atoms with Crippen LogP contribution < -0.4 is 24.4 Å². The van der Waals surface area contributed by atoms with Crippen molar-refractivity contribution >= 4 is 23.5 Å². The summed E-state index contributed by atoms with van der Waals surface area (Å²) in [5.74, 6) is -0.567. The molecule has 36 heavy (non-hydrogen) atoms. The largest absolute Gasteiger partial charge is 0.493 e. The van der Waals surface area contributed by atoms with Gasteiger partial charge in [0.05, 0.1) is 27.9 Å². The number of amides is 1. The number of anilines is 1. The second-order valence-electron chi connectivity index (χ2n) is 8.38. The van der Waals surface area contributed by atoms with Crippen molar-refractivity contribution in [1.82, 2.24) is 10.2 Å². The number of rotatable bonds is 7. The van der Waals surface area contributed by atoms with E-state index in [2.05, 4.69) is 22.3 Å². The lowest BCUT2D eigenvalue weighted by Gasteiger charge is -2.39. The first kappa shape index (κ1) is 25.2. The number of hydrogen-bond donors (Lipinski definition) is 1. The molecule has 0 saturated carbocycles. The number of nitrogens with zero attached hydrogens (tertiary/aromatic N) is 3. The fourth-order valence-corrected chi connectivity index (χ4v) is 4.55. The maximum absolute atomic E-state index is 13.2. The van der Waals surface area contributed by atoms with Crippen LogP contribution in [0.2, 0.25) is 0 Å². The standard InChI is InChI=1S/C26H32N4O6/c1-5-36-25(32)21-22(17-15-19(33-2)23(35-4)20(16-17)34-3)27-26(28-24(21)31)30-13-11-29(12-14-30)18-9-7-6-8-10-18/h6-10,15-16,21-22H,5,11-14H2,1-4H3,(H,27,28,31). The molecule has 0 radical (unpaired) electrons. The first-order valence-electron chi connectivity index (χ1n) is 11.9. The highest BCUT2D eigenvalue weighted by Gasteiger charge is 2.43. The van der Waals surface area contributed by atoms with Crippen LogP contribution >= 0.6 is 0 Å². The second kappa shape index (κ2) is 11.2. The average molecular weight is 497 g/mol. The molecule has 0 spiro atoms. The number of para-hydroxylation sites is 1. The van der Waals surface area contributed by atoms with Crippen molar-refractivity contribution in [2.75, 3.05) is 59.0 Å². The molecule has 192 valence electrons. The predicted molar refractivity (Wildman–Crippen MR) is 135 cm³/mol. The van der Waals surface area contributed by atoms with Crippen LogP contribution in [0.3, 0.4) is 0 Å². The minimum atomic E-state index is -1.15. The van der Waals surface area contributed by atoms with Gasteiger partial charge in [0, 0.05) is 31.9 Å². The molecule has 2 aliphatic rings. The summed E-state index contributed by atoms with van der Waals surface area (Å²) in [5, 5.41) is 2.84. The Kier molecular flexibility index (Phi) is 7.82. The van der Waals surface area contributed by atoms with Gasteiger partial charge in [-0.1, -0.05) is 18.2 Å². The summed E-state index contributed by atoms with van der Waals surface area (Å²) in [4.78, 5) is 35.3. The minimum Gasteiger partial charge on any atom is -0.493 e. The van der Waals surface area contributed by atoms with E-state index in [9.17, 15) is 9.59 Å².